The molecule has 0 unspecified atom stereocenters. The predicted molar refractivity (Wildman–Crippen MR) is 108 cm³/mol. The van der Waals surface area contributed by atoms with Crippen molar-refractivity contribution in [2.45, 2.75) is 33.3 Å². The van der Waals surface area contributed by atoms with Crippen LogP contribution in [0, 0.1) is 13.8 Å². The van der Waals surface area contributed by atoms with Crippen LogP contribution in [0.1, 0.15) is 23.6 Å². The highest BCUT2D eigenvalue weighted by Gasteiger charge is 2.29. The highest BCUT2D eigenvalue weighted by molar-refractivity contribution is 8.14. The number of furan rings is 1. The van der Waals surface area contributed by atoms with Crippen molar-refractivity contribution in [2.75, 3.05) is 18.8 Å². The van der Waals surface area contributed by atoms with Crippen molar-refractivity contribution in [2.24, 2.45) is 0 Å². The average Bonchev–Trinajstić information content (AvgIpc) is 3.22. The number of hydrogen-bond acceptors (Lipinski definition) is 7. The standard InChI is InChI=1S/C20H22N2O6S/c1-11-4-5-15-14(9-27-18(15)12(11)2)8-17(24)28-13(3)19(25)21-6-7-22-16(23)10-29-20(22)26/h4-5,9,13H,6-8,10H2,1-3H3,(H,21,25)/t13-/m1/s1. The first kappa shape index (κ1) is 20.9. The van der Waals surface area contributed by atoms with Crippen LogP contribution < -0.4 is 5.32 Å². The number of hydrogen-bond donors (Lipinski definition) is 1. The van der Waals surface area contributed by atoms with E-state index >= 15 is 0 Å². The molecular formula is C20H22N2O6S. The van der Waals surface area contributed by atoms with Gasteiger partial charge in [0.2, 0.25) is 5.91 Å². The Morgan fingerprint density at radius 1 is 1.31 bits per heavy atom. The van der Waals surface area contributed by atoms with Crippen molar-refractivity contribution in [1.29, 1.82) is 0 Å². The Labute approximate surface area is 171 Å². The average molecular weight is 418 g/mol. The molecule has 2 heterocycles. The lowest BCUT2D eigenvalue weighted by Gasteiger charge is -2.16. The van der Waals surface area contributed by atoms with E-state index < -0.39 is 18.0 Å². The zero-order valence-electron chi connectivity index (χ0n) is 16.4. The molecule has 3 rings (SSSR count). The number of amides is 3. The Bertz CT molecular complexity index is 967. The Hall–Kier alpha value is -2.81. The Balaban J connectivity index is 1.50. The third-order valence-electron chi connectivity index (χ3n) is 4.83. The smallest absolute Gasteiger partial charge is 0.311 e. The van der Waals surface area contributed by atoms with Crippen molar-refractivity contribution < 1.29 is 28.3 Å². The van der Waals surface area contributed by atoms with Crippen molar-refractivity contribution in [1.82, 2.24) is 10.2 Å². The molecule has 3 amide bonds. The van der Waals surface area contributed by atoms with Crippen LogP contribution in [-0.2, 0) is 25.5 Å². The molecule has 0 aliphatic carbocycles. The third-order valence-corrected chi connectivity index (χ3v) is 5.69. The quantitative estimate of drug-likeness (QED) is 0.688. The van der Waals surface area contributed by atoms with Crippen molar-refractivity contribution in [3.05, 3.63) is 35.1 Å². The summed E-state index contributed by atoms with van der Waals surface area (Å²) in [6.07, 6.45) is 0.524. The first-order valence-electron chi connectivity index (χ1n) is 9.18. The van der Waals surface area contributed by atoms with Crippen LogP contribution in [0.15, 0.2) is 22.8 Å². The number of nitrogens with zero attached hydrogens (tertiary/aromatic N) is 1. The summed E-state index contributed by atoms with van der Waals surface area (Å²) in [5.74, 6) is -1.18. The van der Waals surface area contributed by atoms with Gasteiger partial charge in [-0.25, -0.2) is 0 Å². The second-order valence-electron chi connectivity index (χ2n) is 6.84. The summed E-state index contributed by atoms with van der Waals surface area (Å²) in [7, 11) is 0. The molecule has 1 aliphatic heterocycles. The molecule has 8 nitrogen and oxygen atoms in total. The van der Waals surface area contributed by atoms with E-state index in [-0.39, 0.29) is 36.4 Å². The maximum absolute atomic E-state index is 12.2. The van der Waals surface area contributed by atoms with Crippen LogP contribution in [0.4, 0.5) is 4.79 Å². The van der Waals surface area contributed by atoms with Gasteiger partial charge in [0.15, 0.2) is 6.10 Å². The minimum atomic E-state index is -0.996. The SMILES string of the molecule is Cc1ccc2c(CC(=O)O[C@H](C)C(=O)NCCN3C(=O)CSC3=O)coc2c1C. The third kappa shape index (κ3) is 4.61. The molecule has 1 saturated heterocycles. The molecule has 1 aromatic heterocycles. The molecule has 0 saturated carbocycles. The zero-order chi connectivity index (χ0) is 21.1. The summed E-state index contributed by atoms with van der Waals surface area (Å²) in [5.41, 5.74) is 3.55. The van der Waals surface area contributed by atoms with Gasteiger partial charge in [0.25, 0.3) is 11.1 Å². The van der Waals surface area contributed by atoms with E-state index in [1.165, 1.54) is 13.2 Å². The largest absolute Gasteiger partial charge is 0.464 e. The molecular weight excluding hydrogens is 396 g/mol. The van der Waals surface area contributed by atoms with Crippen LogP contribution in [0.3, 0.4) is 0 Å². The topological polar surface area (TPSA) is 106 Å². The van der Waals surface area contributed by atoms with Gasteiger partial charge < -0.3 is 14.5 Å². The number of carbonyl (C=O) groups excluding carboxylic acids is 4. The first-order valence-corrected chi connectivity index (χ1v) is 10.2. The van der Waals surface area contributed by atoms with Gasteiger partial charge in [-0.2, -0.15) is 0 Å². The number of aryl methyl sites for hydroxylation is 2. The molecule has 1 aromatic carbocycles. The molecule has 1 atom stereocenters. The molecule has 1 fully saturated rings. The highest BCUT2D eigenvalue weighted by Crippen LogP contribution is 2.27. The van der Waals surface area contributed by atoms with Crippen LogP contribution in [0.2, 0.25) is 0 Å². The molecule has 2 aromatic rings. The number of ether oxygens (including phenoxy) is 1. The molecule has 9 heteroatoms. The minimum absolute atomic E-state index is 0.0128. The molecule has 154 valence electrons. The van der Waals surface area contributed by atoms with E-state index in [9.17, 15) is 19.2 Å². The summed E-state index contributed by atoms with van der Waals surface area (Å²) >= 11 is 0.939. The van der Waals surface area contributed by atoms with E-state index in [1.54, 1.807) is 0 Å². The minimum Gasteiger partial charge on any atom is -0.464 e. The van der Waals surface area contributed by atoms with E-state index in [0.717, 1.165) is 38.8 Å². The molecule has 1 aliphatic rings. The van der Waals surface area contributed by atoms with Gasteiger partial charge in [-0.1, -0.05) is 23.9 Å². The number of esters is 1. The fraction of sp³-hybridized carbons (Fsp3) is 0.400. The van der Waals surface area contributed by atoms with E-state index in [0.29, 0.717) is 5.56 Å². The maximum atomic E-state index is 12.2. The molecule has 0 radical (unpaired) electrons. The van der Waals surface area contributed by atoms with Crippen LogP contribution in [0.25, 0.3) is 11.0 Å². The summed E-state index contributed by atoms with van der Waals surface area (Å²) in [5, 5.41) is 3.10. The monoisotopic (exact) mass is 418 g/mol. The molecule has 0 bridgehead atoms. The molecule has 29 heavy (non-hydrogen) atoms. The summed E-state index contributed by atoms with van der Waals surface area (Å²) in [6.45, 7) is 5.61. The number of carbonyl (C=O) groups is 4. The van der Waals surface area contributed by atoms with Crippen LogP contribution in [-0.4, -0.2) is 52.9 Å². The predicted octanol–water partition coefficient (Wildman–Crippen LogP) is 2.34. The van der Waals surface area contributed by atoms with Crippen LogP contribution >= 0.6 is 11.8 Å². The molecule has 1 N–H and O–H groups in total. The second-order valence-corrected chi connectivity index (χ2v) is 7.77. The highest BCUT2D eigenvalue weighted by atomic mass is 32.2. The van der Waals surface area contributed by atoms with Crippen LogP contribution in [0.5, 0.6) is 0 Å². The number of thioether (sulfide) groups is 1. The number of fused-ring (bicyclic) bond motifs is 1. The first-order chi connectivity index (χ1) is 13.8. The van der Waals surface area contributed by atoms with Gasteiger partial charge >= 0.3 is 5.97 Å². The fourth-order valence-electron chi connectivity index (χ4n) is 3.00. The Morgan fingerprint density at radius 3 is 2.76 bits per heavy atom. The zero-order valence-corrected chi connectivity index (χ0v) is 17.3. The van der Waals surface area contributed by atoms with Gasteiger partial charge in [-0.15, -0.1) is 0 Å². The van der Waals surface area contributed by atoms with E-state index in [1.807, 2.05) is 26.0 Å². The van der Waals surface area contributed by atoms with Gasteiger partial charge in [-0.05, 0) is 31.9 Å². The summed E-state index contributed by atoms with van der Waals surface area (Å²) in [6, 6.07) is 3.87. The van der Waals surface area contributed by atoms with Gasteiger partial charge in [0, 0.05) is 24.0 Å². The Kier molecular flexibility index (Phi) is 6.26. The van der Waals surface area contributed by atoms with E-state index in [4.69, 9.17) is 9.15 Å². The van der Waals surface area contributed by atoms with Crippen molar-refractivity contribution in [3.63, 3.8) is 0 Å². The van der Waals surface area contributed by atoms with Crippen molar-refractivity contribution >= 4 is 45.8 Å². The number of nitrogens with one attached hydrogen (secondary N) is 1. The van der Waals surface area contributed by atoms with E-state index in [2.05, 4.69) is 5.32 Å². The maximum Gasteiger partial charge on any atom is 0.311 e. The summed E-state index contributed by atoms with van der Waals surface area (Å²) < 4.78 is 10.8. The van der Waals surface area contributed by atoms with Crippen molar-refractivity contribution in [3.8, 4) is 0 Å². The lowest BCUT2D eigenvalue weighted by Crippen LogP contribution is -2.41. The second kappa shape index (κ2) is 8.69. The van der Waals surface area contributed by atoms with Gasteiger partial charge in [-0.3, -0.25) is 24.1 Å². The summed E-state index contributed by atoms with van der Waals surface area (Å²) in [4.78, 5) is 48.5. The number of imide groups is 1. The fourth-order valence-corrected chi connectivity index (χ4v) is 3.76. The molecule has 0 spiro atoms. The Morgan fingerprint density at radius 2 is 2.07 bits per heavy atom. The number of benzene rings is 1. The lowest BCUT2D eigenvalue weighted by atomic mass is 10.0. The normalized spacial score (nSPS) is 15.1. The lowest BCUT2D eigenvalue weighted by molar-refractivity contribution is -0.154. The van der Waals surface area contributed by atoms with Gasteiger partial charge in [0.05, 0.1) is 18.4 Å². The van der Waals surface area contributed by atoms with Gasteiger partial charge in [0.1, 0.15) is 5.58 Å². The number of rotatable bonds is 7.